The number of ketones is 2. The van der Waals surface area contributed by atoms with E-state index in [9.17, 15) is 39.4 Å². The Balaban J connectivity index is 1.89. The summed E-state index contributed by atoms with van der Waals surface area (Å²) in [6.45, 7) is 6.14. The SMILES string of the molecule is CN(C)c1cc(NC(=O)CN(N=O)C(C)(C)C)c(O)c2c1C[C@H]1C[C@H]3[C@H](N(C)C)C(=O)C(C(N)=O)=C(O)[C@@]3(C)C(=O)C1=C2O. The second-order valence-corrected chi connectivity index (χ2v) is 13.3. The van der Waals surface area contributed by atoms with E-state index in [4.69, 9.17) is 5.73 Å². The molecule has 0 spiro atoms. The zero-order valence-corrected chi connectivity index (χ0v) is 26.2. The zero-order valence-electron chi connectivity index (χ0n) is 26.2. The number of anilines is 2. The molecule has 0 aliphatic heterocycles. The molecular formula is C30H40N6O8. The number of primary amides is 1. The number of nitrogens with two attached hydrogens (primary N) is 1. The van der Waals surface area contributed by atoms with Crippen LogP contribution in [0.2, 0.25) is 0 Å². The van der Waals surface area contributed by atoms with Crippen molar-refractivity contribution in [3.8, 4) is 5.75 Å². The second kappa shape index (κ2) is 10.9. The van der Waals surface area contributed by atoms with Gasteiger partial charge in [0.1, 0.15) is 29.4 Å². The zero-order chi connectivity index (χ0) is 33.2. The number of carbonyl (C=O) groups is 4. The van der Waals surface area contributed by atoms with E-state index < -0.39 is 81.6 Å². The number of nitrogens with one attached hydrogen (secondary N) is 1. The topological polar surface area (TPSA) is 206 Å². The first-order valence-electron chi connectivity index (χ1n) is 14.2. The highest BCUT2D eigenvalue weighted by Gasteiger charge is 2.62. The van der Waals surface area contributed by atoms with Crippen LogP contribution in [0.5, 0.6) is 5.75 Å². The molecule has 0 saturated heterocycles. The van der Waals surface area contributed by atoms with Gasteiger partial charge in [-0.05, 0) is 72.2 Å². The lowest BCUT2D eigenvalue weighted by molar-refractivity contribution is -0.139. The Morgan fingerprint density at radius 2 is 1.75 bits per heavy atom. The van der Waals surface area contributed by atoms with Crippen LogP contribution >= 0.6 is 0 Å². The fourth-order valence-corrected chi connectivity index (χ4v) is 6.80. The molecule has 238 valence electrons. The fourth-order valence-electron chi connectivity index (χ4n) is 6.80. The lowest BCUT2D eigenvalue weighted by atomic mass is 9.53. The van der Waals surface area contributed by atoms with E-state index in [0.717, 1.165) is 5.01 Å². The molecule has 3 aliphatic carbocycles. The maximum Gasteiger partial charge on any atom is 0.255 e. The van der Waals surface area contributed by atoms with E-state index in [1.165, 1.54) is 13.0 Å². The number of phenols is 1. The highest BCUT2D eigenvalue weighted by molar-refractivity contribution is 6.24. The van der Waals surface area contributed by atoms with Crippen LogP contribution in [0.3, 0.4) is 0 Å². The van der Waals surface area contributed by atoms with Crippen molar-refractivity contribution < 1.29 is 34.5 Å². The highest BCUT2D eigenvalue weighted by Crippen LogP contribution is 2.57. The summed E-state index contributed by atoms with van der Waals surface area (Å²) in [5.74, 6) is -6.30. The maximum absolute atomic E-state index is 14.3. The molecule has 14 nitrogen and oxygen atoms in total. The van der Waals surface area contributed by atoms with Crippen molar-refractivity contribution in [2.24, 2.45) is 28.3 Å². The van der Waals surface area contributed by atoms with Gasteiger partial charge in [-0.2, -0.15) is 0 Å². The largest absolute Gasteiger partial charge is 0.510 e. The normalized spacial score (nSPS) is 24.9. The van der Waals surface area contributed by atoms with Gasteiger partial charge in [0.05, 0.1) is 33.5 Å². The van der Waals surface area contributed by atoms with Crippen molar-refractivity contribution in [2.45, 2.75) is 52.1 Å². The van der Waals surface area contributed by atoms with Crippen molar-refractivity contribution in [1.29, 1.82) is 0 Å². The number of nitroso groups, excluding NO2 is 1. The van der Waals surface area contributed by atoms with Gasteiger partial charge >= 0.3 is 0 Å². The van der Waals surface area contributed by atoms with Gasteiger partial charge in [0.2, 0.25) is 5.91 Å². The monoisotopic (exact) mass is 612 g/mol. The number of aliphatic hydroxyl groups is 2. The number of benzene rings is 1. The first-order chi connectivity index (χ1) is 20.3. The number of hydrogen-bond donors (Lipinski definition) is 5. The van der Waals surface area contributed by atoms with Crippen molar-refractivity contribution in [3.63, 3.8) is 0 Å². The molecule has 1 aromatic rings. The van der Waals surface area contributed by atoms with E-state index in [1.807, 2.05) is 0 Å². The van der Waals surface area contributed by atoms with Crippen molar-refractivity contribution in [1.82, 2.24) is 9.91 Å². The van der Waals surface area contributed by atoms with Gasteiger partial charge in [-0.3, -0.25) is 24.1 Å². The Morgan fingerprint density at radius 1 is 1.14 bits per heavy atom. The molecule has 44 heavy (non-hydrogen) atoms. The molecular weight excluding hydrogens is 572 g/mol. The summed E-state index contributed by atoms with van der Waals surface area (Å²) in [4.78, 5) is 67.6. The summed E-state index contributed by atoms with van der Waals surface area (Å²) in [5.41, 5.74) is 3.17. The summed E-state index contributed by atoms with van der Waals surface area (Å²) in [5, 5.41) is 40.9. The van der Waals surface area contributed by atoms with Crippen LogP contribution in [-0.2, 0) is 25.6 Å². The number of amides is 2. The van der Waals surface area contributed by atoms with E-state index in [0.29, 0.717) is 11.3 Å². The lowest BCUT2D eigenvalue weighted by Gasteiger charge is -2.51. The van der Waals surface area contributed by atoms with Crippen molar-refractivity contribution >= 4 is 40.5 Å². The van der Waals surface area contributed by atoms with Crippen LogP contribution < -0.4 is 16.0 Å². The van der Waals surface area contributed by atoms with Crippen molar-refractivity contribution in [2.75, 3.05) is 45.0 Å². The molecule has 1 aromatic carbocycles. The number of hydrogen-bond acceptors (Lipinski definition) is 11. The van der Waals surface area contributed by atoms with Crippen LogP contribution in [0.15, 0.2) is 28.3 Å². The third kappa shape index (κ3) is 4.86. The molecule has 4 atom stereocenters. The number of nitrogens with zero attached hydrogens (tertiary/aromatic N) is 4. The molecule has 0 aromatic heterocycles. The first kappa shape index (κ1) is 32.5. The number of carbonyl (C=O) groups excluding carboxylic acids is 4. The van der Waals surface area contributed by atoms with Crippen LogP contribution in [0.1, 0.15) is 45.2 Å². The minimum Gasteiger partial charge on any atom is -0.510 e. The number of aliphatic hydroxyl groups excluding tert-OH is 2. The third-order valence-electron chi connectivity index (χ3n) is 9.08. The molecule has 6 N–H and O–H groups in total. The predicted molar refractivity (Wildman–Crippen MR) is 163 cm³/mol. The van der Waals surface area contributed by atoms with Gasteiger partial charge in [-0.15, -0.1) is 4.91 Å². The Morgan fingerprint density at radius 3 is 2.25 bits per heavy atom. The Bertz CT molecular complexity index is 1540. The number of allylic oxidation sites excluding steroid dienone is 2. The summed E-state index contributed by atoms with van der Waals surface area (Å²) >= 11 is 0. The quantitative estimate of drug-likeness (QED) is 0.130. The minimum absolute atomic E-state index is 0.0639. The van der Waals surface area contributed by atoms with Crippen molar-refractivity contribution in [3.05, 3.63) is 39.0 Å². The molecule has 2 amide bonds. The minimum atomic E-state index is -1.77. The molecule has 0 radical (unpaired) electrons. The molecule has 0 heterocycles. The number of likely N-dealkylation sites (N-methyl/N-ethyl adjacent to an activating group) is 1. The molecule has 3 aliphatic rings. The summed E-state index contributed by atoms with van der Waals surface area (Å²) in [7, 11) is 6.76. The van der Waals surface area contributed by atoms with E-state index in [-0.39, 0.29) is 29.7 Å². The molecule has 14 heteroatoms. The molecule has 0 unspecified atom stereocenters. The average molecular weight is 613 g/mol. The molecule has 4 rings (SSSR count). The van der Waals surface area contributed by atoms with Gasteiger partial charge in [-0.1, -0.05) is 0 Å². The van der Waals surface area contributed by atoms with Crippen LogP contribution in [0, 0.1) is 22.2 Å². The Kier molecular flexibility index (Phi) is 8.05. The highest BCUT2D eigenvalue weighted by atomic mass is 16.3. The van der Waals surface area contributed by atoms with Gasteiger partial charge < -0.3 is 31.3 Å². The number of rotatable bonds is 7. The number of aromatic hydroxyl groups is 1. The van der Waals surface area contributed by atoms with E-state index in [1.54, 1.807) is 58.8 Å². The van der Waals surface area contributed by atoms with Gasteiger partial charge in [-0.25, -0.2) is 5.01 Å². The fraction of sp³-hybridized carbons (Fsp3) is 0.533. The average Bonchev–Trinajstić information content (AvgIpc) is 2.89. The maximum atomic E-state index is 14.3. The van der Waals surface area contributed by atoms with Crippen LogP contribution in [-0.4, -0.2) is 94.9 Å². The molecule has 1 fully saturated rings. The number of phenolic OH excluding ortho intramolecular Hbond substituents is 1. The van der Waals surface area contributed by atoms with Crippen LogP contribution in [0.25, 0.3) is 5.76 Å². The first-order valence-corrected chi connectivity index (χ1v) is 14.2. The summed E-state index contributed by atoms with van der Waals surface area (Å²) < 4.78 is 0. The smallest absolute Gasteiger partial charge is 0.255 e. The Hall–Kier alpha value is -4.46. The standard InChI is InChI=1S/C30H40N6O8/c1-29(2,3)36(33-44)12-18(37)32-16-11-17(34(5)6)14-9-13-10-15-22(35(7)8)25(40)21(28(31)43)27(42)30(15,4)26(41)19(13)24(39)20(14)23(16)38/h11,13,15,22,38-39,42H,9-10,12H2,1-8H3,(H2,31,43)(H,32,37)/t13-,15-,22-,30+/m0/s1. The van der Waals surface area contributed by atoms with Crippen LogP contribution in [0.4, 0.5) is 11.4 Å². The lowest BCUT2D eigenvalue weighted by Crippen LogP contribution is -2.60. The van der Waals surface area contributed by atoms with Gasteiger partial charge in [0.25, 0.3) is 5.91 Å². The Labute approximate surface area is 255 Å². The molecule has 1 saturated carbocycles. The van der Waals surface area contributed by atoms with Gasteiger partial charge in [0, 0.05) is 31.3 Å². The summed E-state index contributed by atoms with van der Waals surface area (Å²) in [6, 6.07) is 0.593. The third-order valence-corrected chi connectivity index (χ3v) is 9.08. The predicted octanol–water partition coefficient (Wildman–Crippen LogP) is 2.03. The molecule has 0 bridgehead atoms. The number of Topliss-reactive ketones (excluding diaryl/α,β-unsaturated/α-hetero) is 2. The van der Waals surface area contributed by atoms with Gasteiger partial charge in [0.15, 0.2) is 11.6 Å². The van der Waals surface area contributed by atoms with E-state index >= 15 is 0 Å². The summed E-state index contributed by atoms with van der Waals surface area (Å²) in [6.07, 6.45) is 0.385. The number of fused-ring (bicyclic) bond motifs is 3. The van der Waals surface area contributed by atoms with E-state index in [2.05, 4.69) is 10.6 Å². The second-order valence-electron chi connectivity index (χ2n) is 13.3.